The monoisotopic (exact) mass is 330 g/mol. The maximum atomic E-state index is 13.2. The summed E-state index contributed by atoms with van der Waals surface area (Å²) in [6, 6.07) is 0. The molecule has 0 unspecified atom stereocenters. The fraction of sp³-hybridized carbons (Fsp3) is 0.579. The number of furan rings is 1. The number of rotatable bonds is 2. The Labute approximate surface area is 141 Å². The predicted octanol–water partition coefficient (Wildman–Crippen LogP) is 3.52. The van der Waals surface area contributed by atoms with Crippen molar-refractivity contribution in [3.63, 3.8) is 0 Å². The third kappa shape index (κ3) is 1.59. The maximum Gasteiger partial charge on any atom is 0.333 e. The number of carbonyl (C=O) groups is 2. The minimum absolute atomic E-state index is 0.104. The van der Waals surface area contributed by atoms with E-state index in [0.717, 1.165) is 18.4 Å². The summed E-state index contributed by atoms with van der Waals surface area (Å²) in [5, 5.41) is 0. The highest BCUT2D eigenvalue weighted by molar-refractivity contribution is 6.06. The Morgan fingerprint density at radius 3 is 2.79 bits per heavy atom. The molecule has 0 radical (unpaired) electrons. The summed E-state index contributed by atoms with van der Waals surface area (Å²) in [5.41, 5.74) is 0.306. The second-order valence-corrected chi connectivity index (χ2v) is 7.66. The molecule has 2 aliphatic carbocycles. The zero-order valence-electron chi connectivity index (χ0n) is 14.5. The largest absolute Gasteiger partial charge is 0.460 e. The first-order valence-electron chi connectivity index (χ1n) is 8.42. The van der Waals surface area contributed by atoms with Gasteiger partial charge in [-0.1, -0.05) is 20.4 Å². The van der Waals surface area contributed by atoms with Crippen LogP contribution in [0.4, 0.5) is 0 Å². The van der Waals surface area contributed by atoms with E-state index >= 15 is 0 Å². The van der Waals surface area contributed by atoms with E-state index in [1.54, 1.807) is 13.2 Å². The number of ether oxygens (including phenoxy) is 2. The lowest BCUT2D eigenvalue weighted by atomic mass is 9.53. The number of carbonyl (C=O) groups excluding carboxylic acids is 2. The Balaban J connectivity index is 1.92. The molecule has 1 aromatic heterocycles. The standard InChI is InChI=1S/C19H22O5/c1-9(2)17(21)23-16-13-10(3)8-22-14(13)15(20)19-12(24-19)7-6-11(4)18(16,19)5/h8,11-12,16H,1,6-7H2,2-5H3/t11-,12-,16+,18-,19+/m0/s1. The zero-order chi connectivity index (χ0) is 17.4. The molecule has 3 aliphatic rings. The van der Waals surface area contributed by atoms with Gasteiger partial charge in [-0.15, -0.1) is 0 Å². The Morgan fingerprint density at radius 1 is 1.42 bits per heavy atom. The Morgan fingerprint density at radius 2 is 2.12 bits per heavy atom. The van der Waals surface area contributed by atoms with Crippen molar-refractivity contribution in [2.24, 2.45) is 11.3 Å². The second-order valence-electron chi connectivity index (χ2n) is 7.66. The molecule has 1 aromatic rings. The average molecular weight is 330 g/mol. The minimum Gasteiger partial charge on any atom is -0.460 e. The third-order valence-corrected chi connectivity index (χ3v) is 6.36. The Kier molecular flexibility index (Phi) is 3.00. The number of hydrogen-bond donors (Lipinski definition) is 0. The van der Waals surface area contributed by atoms with E-state index in [2.05, 4.69) is 13.5 Å². The van der Waals surface area contributed by atoms with Gasteiger partial charge in [0, 0.05) is 11.1 Å². The molecular formula is C19H22O5. The Bertz CT molecular complexity index is 775. The van der Waals surface area contributed by atoms with Crippen molar-refractivity contribution in [2.75, 3.05) is 0 Å². The Hall–Kier alpha value is -1.88. The SMILES string of the molecule is C=C(C)C(=O)O[C@@H]1c2c(C)coc2C(=O)[C@]23O[C@H]2CC[C@H](C)[C@@]13C. The van der Waals surface area contributed by atoms with Crippen LogP contribution in [-0.4, -0.2) is 23.5 Å². The second kappa shape index (κ2) is 4.60. The molecule has 1 saturated heterocycles. The number of hydrogen-bond acceptors (Lipinski definition) is 5. The van der Waals surface area contributed by atoms with Crippen LogP contribution >= 0.6 is 0 Å². The molecule has 1 aliphatic heterocycles. The first-order valence-corrected chi connectivity index (χ1v) is 8.42. The van der Waals surface area contributed by atoms with E-state index in [1.807, 2.05) is 13.8 Å². The van der Waals surface area contributed by atoms with Crippen molar-refractivity contribution in [3.05, 3.63) is 35.3 Å². The summed E-state index contributed by atoms with van der Waals surface area (Å²) in [7, 11) is 0. The normalized spacial score (nSPS) is 39.5. The van der Waals surface area contributed by atoms with Gasteiger partial charge >= 0.3 is 5.97 Å². The minimum atomic E-state index is -0.929. The molecule has 0 aromatic carbocycles. The summed E-state index contributed by atoms with van der Waals surface area (Å²) < 4.78 is 17.4. The third-order valence-electron chi connectivity index (χ3n) is 6.36. The van der Waals surface area contributed by atoms with E-state index in [4.69, 9.17) is 13.9 Å². The van der Waals surface area contributed by atoms with E-state index in [-0.39, 0.29) is 23.6 Å². The fourth-order valence-corrected chi connectivity index (χ4v) is 4.70. The van der Waals surface area contributed by atoms with E-state index in [0.29, 0.717) is 11.1 Å². The van der Waals surface area contributed by atoms with Crippen molar-refractivity contribution >= 4 is 11.8 Å². The molecule has 0 amide bonds. The number of Topliss-reactive ketones (excluding diaryl/α,β-unsaturated/α-hetero) is 1. The van der Waals surface area contributed by atoms with Gasteiger partial charge in [0.05, 0.1) is 17.8 Å². The van der Waals surface area contributed by atoms with Gasteiger partial charge in [0.25, 0.3) is 0 Å². The topological polar surface area (TPSA) is 69.0 Å². The van der Waals surface area contributed by atoms with Crippen molar-refractivity contribution in [3.8, 4) is 0 Å². The van der Waals surface area contributed by atoms with Gasteiger partial charge in [-0.3, -0.25) is 4.79 Å². The first-order chi connectivity index (χ1) is 11.2. The number of aryl methyl sites for hydroxylation is 1. The summed E-state index contributed by atoms with van der Waals surface area (Å²) in [6.45, 7) is 11.3. The summed E-state index contributed by atoms with van der Waals surface area (Å²) in [5.74, 6) is -0.105. The van der Waals surface area contributed by atoms with Crippen molar-refractivity contribution in [1.29, 1.82) is 0 Å². The molecule has 24 heavy (non-hydrogen) atoms. The molecule has 5 atom stereocenters. The lowest BCUT2D eigenvalue weighted by Crippen LogP contribution is -2.57. The van der Waals surface area contributed by atoms with Gasteiger partial charge in [-0.25, -0.2) is 4.79 Å². The highest BCUT2D eigenvalue weighted by atomic mass is 16.6. The molecule has 128 valence electrons. The van der Waals surface area contributed by atoms with Crippen LogP contribution in [0.3, 0.4) is 0 Å². The van der Waals surface area contributed by atoms with Gasteiger partial charge in [0.1, 0.15) is 6.10 Å². The molecular weight excluding hydrogens is 308 g/mol. The highest BCUT2D eigenvalue weighted by Crippen LogP contribution is 2.69. The van der Waals surface area contributed by atoms with Crippen molar-refractivity contribution in [1.82, 2.24) is 0 Å². The van der Waals surface area contributed by atoms with E-state index in [1.165, 1.54) is 0 Å². The van der Waals surface area contributed by atoms with Crippen LogP contribution in [0.25, 0.3) is 0 Å². The average Bonchev–Trinajstić information content (AvgIpc) is 3.17. The van der Waals surface area contributed by atoms with E-state index < -0.39 is 23.1 Å². The van der Waals surface area contributed by atoms with Crippen LogP contribution in [0.15, 0.2) is 22.8 Å². The van der Waals surface area contributed by atoms with Crippen LogP contribution in [0, 0.1) is 18.3 Å². The molecule has 5 heteroatoms. The molecule has 4 rings (SSSR count). The number of ketones is 1. The van der Waals surface area contributed by atoms with Gasteiger partial charge in [0.2, 0.25) is 5.78 Å². The van der Waals surface area contributed by atoms with Gasteiger partial charge in [0.15, 0.2) is 11.4 Å². The molecule has 2 heterocycles. The summed E-state index contributed by atoms with van der Waals surface area (Å²) in [6.07, 6.45) is 2.65. The molecule has 5 nitrogen and oxygen atoms in total. The lowest BCUT2D eigenvalue weighted by Gasteiger charge is -2.49. The smallest absolute Gasteiger partial charge is 0.333 e. The number of fused-ring (bicyclic) bond motifs is 1. The zero-order valence-corrected chi connectivity index (χ0v) is 14.5. The van der Waals surface area contributed by atoms with Gasteiger partial charge < -0.3 is 13.9 Å². The van der Waals surface area contributed by atoms with Crippen LogP contribution < -0.4 is 0 Å². The van der Waals surface area contributed by atoms with Crippen LogP contribution in [-0.2, 0) is 14.3 Å². The summed E-state index contributed by atoms with van der Waals surface area (Å²) >= 11 is 0. The number of epoxide rings is 1. The fourth-order valence-electron chi connectivity index (χ4n) is 4.70. The first kappa shape index (κ1) is 15.6. The lowest BCUT2D eigenvalue weighted by molar-refractivity contribution is -0.160. The predicted molar refractivity (Wildman–Crippen MR) is 85.5 cm³/mol. The van der Waals surface area contributed by atoms with Crippen LogP contribution in [0.1, 0.15) is 61.4 Å². The quantitative estimate of drug-likeness (QED) is 0.471. The van der Waals surface area contributed by atoms with E-state index in [9.17, 15) is 9.59 Å². The molecule has 0 N–H and O–H groups in total. The number of esters is 1. The van der Waals surface area contributed by atoms with Crippen LogP contribution in [0.2, 0.25) is 0 Å². The van der Waals surface area contributed by atoms with Gasteiger partial charge in [-0.05, 0) is 38.2 Å². The summed E-state index contributed by atoms with van der Waals surface area (Å²) in [4.78, 5) is 25.5. The molecule has 1 saturated carbocycles. The van der Waals surface area contributed by atoms with Crippen molar-refractivity contribution < 1.29 is 23.5 Å². The van der Waals surface area contributed by atoms with Crippen molar-refractivity contribution in [2.45, 2.75) is 58.3 Å². The molecule has 1 spiro atoms. The molecule has 2 fully saturated rings. The maximum absolute atomic E-state index is 13.2. The molecule has 0 bridgehead atoms. The highest BCUT2D eigenvalue weighted by Gasteiger charge is 2.80. The van der Waals surface area contributed by atoms with Gasteiger partial charge in [-0.2, -0.15) is 0 Å². The van der Waals surface area contributed by atoms with Crippen LogP contribution in [0.5, 0.6) is 0 Å².